The fraction of sp³-hybridized carbons (Fsp3) is 0.714. The quantitative estimate of drug-likeness (QED) is 0.582. The molecule has 2 fully saturated rings. The van der Waals surface area contributed by atoms with E-state index in [-0.39, 0.29) is 0 Å². The summed E-state index contributed by atoms with van der Waals surface area (Å²) in [5.74, 6) is 1.60. The van der Waals surface area contributed by atoms with Crippen LogP contribution in [-0.2, 0) is 14.6 Å². The topological polar surface area (TPSA) is 59.1 Å². The summed E-state index contributed by atoms with van der Waals surface area (Å²) in [6.45, 7) is 9.30. The van der Waals surface area contributed by atoms with Crippen molar-refractivity contribution in [2.75, 3.05) is 65.3 Å². The highest BCUT2D eigenvalue weighted by atomic mass is 32.2. The Hall–Kier alpha value is -1.15. The van der Waals surface area contributed by atoms with Gasteiger partial charge in [-0.2, -0.15) is 0 Å². The molecule has 2 saturated heterocycles. The molecule has 0 aliphatic carbocycles. The van der Waals surface area contributed by atoms with Crippen molar-refractivity contribution in [1.82, 2.24) is 9.80 Å². The van der Waals surface area contributed by atoms with E-state index < -0.39 is 9.84 Å². The molecule has 28 heavy (non-hydrogen) atoms. The molecule has 0 atom stereocenters. The zero-order valence-corrected chi connectivity index (χ0v) is 17.8. The largest absolute Gasteiger partial charge is 0.494 e. The molecule has 7 heteroatoms. The Morgan fingerprint density at radius 1 is 1.00 bits per heavy atom. The molecule has 0 N–H and O–H groups in total. The van der Waals surface area contributed by atoms with Crippen LogP contribution in [0, 0.1) is 5.92 Å². The standard InChI is InChI=1S/C21H34N2O4S/c1-28(24,25)21-5-3-20(4-6-21)27-16-2-10-22-11-7-19(8-12-22)9-13-23-14-17-26-18-15-23/h3-6,19H,2,7-18H2,1H3. The van der Waals surface area contributed by atoms with Crippen LogP contribution >= 0.6 is 0 Å². The lowest BCUT2D eigenvalue weighted by Gasteiger charge is -2.34. The molecule has 0 spiro atoms. The van der Waals surface area contributed by atoms with Crippen LogP contribution in [-0.4, -0.2) is 83.6 Å². The average molecular weight is 411 g/mol. The molecule has 3 rings (SSSR count). The first-order valence-electron chi connectivity index (χ1n) is 10.5. The maximum atomic E-state index is 11.5. The smallest absolute Gasteiger partial charge is 0.175 e. The van der Waals surface area contributed by atoms with Crippen LogP contribution in [0.5, 0.6) is 5.75 Å². The van der Waals surface area contributed by atoms with Crippen molar-refractivity contribution in [2.45, 2.75) is 30.6 Å². The van der Waals surface area contributed by atoms with Crippen LogP contribution in [0.2, 0.25) is 0 Å². The van der Waals surface area contributed by atoms with E-state index in [4.69, 9.17) is 9.47 Å². The third-order valence-corrected chi connectivity index (χ3v) is 6.93. The predicted octanol–water partition coefficient (Wildman–Crippen LogP) is 2.29. The number of likely N-dealkylation sites (tertiary alicyclic amines) is 1. The summed E-state index contributed by atoms with van der Waals surface area (Å²) < 4.78 is 34.1. The number of benzene rings is 1. The van der Waals surface area contributed by atoms with E-state index in [1.165, 1.54) is 45.2 Å². The molecule has 2 aliphatic rings. The highest BCUT2D eigenvalue weighted by molar-refractivity contribution is 7.90. The maximum Gasteiger partial charge on any atom is 0.175 e. The second kappa shape index (κ2) is 10.6. The normalized spacial score (nSPS) is 20.3. The van der Waals surface area contributed by atoms with Gasteiger partial charge >= 0.3 is 0 Å². The third kappa shape index (κ3) is 7.03. The van der Waals surface area contributed by atoms with Crippen molar-refractivity contribution in [3.05, 3.63) is 24.3 Å². The van der Waals surface area contributed by atoms with Crippen LogP contribution in [0.25, 0.3) is 0 Å². The summed E-state index contributed by atoms with van der Waals surface area (Å²) in [5, 5.41) is 0. The minimum Gasteiger partial charge on any atom is -0.494 e. The highest BCUT2D eigenvalue weighted by Crippen LogP contribution is 2.21. The van der Waals surface area contributed by atoms with Crippen LogP contribution in [0.1, 0.15) is 25.7 Å². The number of ether oxygens (including phenoxy) is 2. The van der Waals surface area contributed by atoms with Crippen molar-refractivity contribution in [3.8, 4) is 5.75 Å². The molecule has 0 saturated carbocycles. The summed E-state index contributed by atoms with van der Waals surface area (Å²) in [6.07, 6.45) is 6.14. The fourth-order valence-corrected chi connectivity index (χ4v) is 4.58. The molecule has 0 unspecified atom stereocenters. The Kier molecular flexibility index (Phi) is 8.14. The van der Waals surface area contributed by atoms with Crippen molar-refractivity contribution in [3.63, 3.8) is 0 Å². The van der Waals surface area contributed by atoms with Gasteiger partial charge in [-0.3, -0.25) is 4.90 Å². The summed E-state index contributed by atoms with van der Waals surface area (Å²) in [6, 6.07) is 6.67. The predicted molar refractivity (Wildman–Crippen MR) is 111 cm³/mol. The van der Waals surface area contributed by atoms with Gasteiger partial charge in [-0.25, -0.2) is 8.42 Å². The maximum absolute atomic E-state index is 11.5. The van der Waals surface area contributed by atoms with Crippen molar-refractivity contribution in [1.29, 1.82) is 0 Å². The van der Waals surface area contributed by atoms with E-state index in [0.717, 1.165) is 50.9 Å². The van der Waals surface area contributed by atoms with E-state index in [2.05, 4.69) is 9.80 Å². The van der Waals surface area contributed by atoms with Crippen molar-refractivity contribution < 1.29 is 17.9 Å². The summed E-state index contributed by atoms with van der Waals surface area (Å²) >= 11 is 0. The molecule has 6 nitrogen and oxygen atoms in total. The van der Waals surface area contributed by atoms with Crippen LogP contribution in [0.4, 0.5) is 0 Å². The molecule has 0 aromatic heterocycles. The lowest BCUT2D eigenvalue weighted by molar-refractivity contribution is 0.0335. The number of hydrogen-bond donors (Lipinski definition) is 0. The van der Waals surface area contributed by atoms with Crippen LogP contribution < -0.4 is 4.74 Å². The minimum absolute atomic E-state index is 0.330. The summed E-state index contributed by atoms with van der Waals surface area (Å²) in [5.41, 5.74) is 0. The Morgan fingerprint density at radius 3 is 2.29 bits per heavy atom. The molecule has 1 aromatic rings. The molecular weight excluding hydrogens is 376 g/mol. The molecule has 0 amide bonds. The first-order chi connectivity index (χ1) is 13.5. The second-order valence-electron chi connectivity index (χ2n) is 7.97. The SMILES string of the molecule is CS(=O)(=O)c1ccc(OCCCN2CCC(CCN3CCOCC3)CC2)cc1. The lowest BCUT2D eigenvalue weighted by Crippen LogP contribution is -2.39. The van der Waals surface area contributed by atoms with E-state index in [9.17, 15) is 8.42 Å². The number of rotatable bonds is 9. The Bertz CT molecular complexity index is 679. The molecule has 0 radical (unpaired) electrons. The van der Waals surface area contributed by atoms with E-state index >= 15 is 0 Å². The van der Waals surface area contributed by atoms with Gasteiger partial charge in [0.15, 0.2) is 9.84 Å². The number of sulfone groups is 1. The number of morpholine rings is 1. The Morgan fingerprint density at radius 2 is 1.64 bits per heavy atom. The van der Waals surface area contributed by atoms with Gasteiger partial charge in [-0.15, -0.1) is 0 Å². The molecule has 1 aromatic carbocycles. The number of nitrogens with zero attached hydrogens (tertiary/aromatic N) is 2. The van der Waals surface area contributed by atoms with Crippen molar-refractivity contribution in [2.24, 2.45) is 5.92 Å². The molecule has 2 heterocycles. The molecule has 158 valence electrons. The van der Waals surface area contributed by atoms with Crippen LogP contribution in [0.3, 0.4) is 0 Å². The molecule has 2 aliphatic heterocycles. The lowest BCUT2D eigenvalue weighted by atomic mass is 9.93. The zero-order valence-electron chi connectivity index (χ0n) is 17.0. The van der Waals surface area contributed by atoms with E-state index in [0.29, 0.717) is 11.5 Å². The Balaban J connectivity index is 1.26. The molecular formula is C21H34N2O4S. The van der Waals surface area contributed by atoms with E-state index in [1.807, 2.05) is 0 Å². The first kappa shape index (κ1) is 21.6. The van der Waals surface area contributed by atoms with Gasteiger partial charge < -0.3 is 14.4 Å². The fourth-order valence-electron chi connectivity index (χ4n) is 3.95. The van der Waals surface area contributed by atoms with Gasteiger partial charge in [0.2, 0.25) is 0 Å². The first-order valence-corrected chi connectivity index (χ1v) is 12.4. The number of piperidine rings is 1. The van der Waals surface area contributed by atoms with Gasteiger partial charge in [0.25, 0.3) is 0 Å². The average Bonchev–Trinajstić information content (AvgIpc) is 2.71. The van der Waals surface area contributed by atoms with Crippen LogP contribution in [0.15, 0.2) is 29.2 Å². The molecule has 0 bridgehead atoms. The van der Waals surface area contributed by atoms with Gasteiger partial charge in [-0.1, -0.05) is 0 Å². The minimum atomic E-state index is -3.15. The zero-order chi connectivity index (χ0) is 19.8. The Labute approximate surface area is 169 Å². The highest BCUT2D eigenvalue weighted by Gasteiger charge is 2.20. The van der Waals surface area contributed by atoms with Gasteiger partial charge in [0.05, 0.1) is 24.7 Å². The van der Waals surface area contributed by atoms with Gasteiger partial charge in [0, 0.05) is 25.9 Å². The monoisotopic (exact) mass is 410 g/mol. The second-order valence-corrected chi connectivity index (χ2v) is 9.99. The van der Waals surface area contributed by atoms with Gasteiger partial charge in [-0.05, 0) is 75.5 Å². The third-order valence-electron chi connectivity index (χ3n) is 5.80. The summed E-state index contributed by atoms with van der Waals surface area (Å²) in [4.78, 5) is 5.41. The number of hydrogen-bond acceptors (Lipinski definition) is 6. The summed E-state index contributed by atoms with van der Waals surface area (Å²) in [7, 11) is -3.15. The van der Waals surface area contributed by atoms with Crippen molar-refractivity contribution >= 4 is 9.84 Å². The van der Waals surface area contributed by atoms with Gasteiger partial charge in [0.1, 0.15) is 5.75 Å². The van der Waals surface area contributed by atoms with E-state index in [1.54, 1.807) is 24.3 Å².